The molecule has 1 nitrogen and oxygen atoms in total. The van der Waals surface area contributed by atoms with E-state index in [-0.39, 0.29) is 5.54 Å². The molecule has 2 unspecified atom stereocenters. The molecule has 1 aromatic carbocycles. The monoisotopic (exact) mass is 342 g/mol. The van der Waals surface area contributed by atoms with Gasteiger partial charge in [0.2, 0.25) is 0 Å². The molecule has 0 amide bonds. The van der Waals surface area contributed by atoms with Crippen molar-refractivity contribution in [2.75, 3.05) is 7.05 Å². The van der Waals surface area contributed by atoms with Gasteiger partial charge in [0, 0.05) is 19.4 Å². The Bertz CT molecular complexity index is 706. The molecular weight excluding hydrogens is 309 g/mol. The molecule has 0 aliphatic carbocycles. The lowest BCUT2D eigenvalue weighted by molar-refractivity contribution is 0.300. The summed E-state index contributed by atoms with van der Waals surface area (Å²) in [6.45, 7) is 22.5. The molecule has 0 aromatic heterocycles. The first kappa shape index (κ1) is 19.1. The van der Waals surface area contributed by atoms with Crippen molar-refractivity contribution in [3.8, 4) is 0 Å². The first-order valence-corrected chi connectivity index (χ1v) is 9.89. The molecule has 130 valence electrons. The van der Waals surface area contributed by atoms with Gasteiger partial charge in [0.25, 0.3) is 0 Å². The third-order valence-electron chi connectivity index (χ3n) is 5.99. The van der Waals surface area contributed by atoms with E-state index in [2.05, 4.69) is 80.3 Å². The Morgan fingerprint density at radius 1 is 0.958 bits per heavy atom. The van der Waals surface area contributed by atoms with Gasteiger partial charge in [-0.25, -0.2) is 0 Å². The summed E-state index contributed by atoms with van der Waals surface area (Å²) in [6, 6.07) is 0. The Balaban J connectivity index is 2.64. The third kappa shape index (κ3) is 3.04. The smallest absolute Gasteiger partial charge is 0.194 e. The lowest BCUT2D eigenvalue weighted by Gasteiger charge is -2.38. The zero-order valence-electron chi connectivity index (χ0n) is 16.9. The number of rotatable bonds is 3. The molecule has 1 aliphatic heterocycles. The average Bonchev–Trinajstić information content (AvgIpc) is 2.51. The van der Waals surface area contributed by atoms with Crippen molar-refractivity contribution in [2.45, 2.75) is 67.3 Å². The molecule has 1 aromatic rings. The number of allylic oxidation sites excluding steroid dienone is 2. The molecule has 0 saturated heterocycles. The maximum Gasteiger partial charge on any atom is 0.194 e. The van der Waals surface area contributed by atoms with E-state index in [4.69, 9.17) is 0 Å². The van der Waals surface area contributed by atoms with E-state index in [1.54, 1.807) is 0 Å². The molecule has 0 radical (unpaired) electrons. The largest absolute Gasteiger partial charge is 0.328 e. The van der Waals surface area contributed by atoms with E-state index in [9.17, 15) is 0 Å². The molecule has 24 heavy (non-hydrogen) atoms. The first-order chi connectivity index (χ1) is 11.0. The van der Waals surface area contributed by atoms with Crippen LogP contribution in [0, 0.1) is 41.5 Å². The van der Waals surface area contributed by atoms with E-state index in [1.165, 1.54) is 49.7 Å². The second kappa shape index (κ2) is 6.60. The quantitative estimate of drug-likeness (QED) is 0.507. The number of likely N-dealkylation sites (N-methyl/N-ethyl adjacent to an activating group) is 1. The highest BCUT2D eigenvalue weighted by Gasteiger charge is 2.35. The average molecular weight is 342 g/mol. The maximum atomic E-state index is 4.44. The van der Waals surface area contributed by atoms with Gasteiger partial charge in [0.1, 0.15) is 0 Å². The summed E-state index contributed by atoms with van der Waals surface area (Å²) in [4.78, 5) is 2.39. The van der Waals surface area contributed by atoms with Gasteiger partial charge in [-0.2, -0.15) is 0 Å². The van der Waals surface area contributed by atoms with Crippen LogP contribution in [-0.4, -0.2) is 17.5 Å². The fourth-order valence-corrected chi connectivity index (χ4v) is 5.64. The van der Waals surface area contributed by atoms with Crippen LogP contribution in [0.1, 0.15) is 55.0 Å². The molecule has 2 rings (SSSR count). The standard InChI is InChI=1S/C22H33NP/c1-11-19-13(2)12-22(8,9)23(10)21(19)24-20-17(6)15(4)14(3)16(5)18(20)7/h12,24H,8,11H2,1-7,9-10H3/q+1. The zero-order valence-corrected chi connectivity index (χ0v) is 17.9. The van der Waals surface area contributed by atoms with Crippen molar-refractivity contribution < 1.29 is 0 Å². The van der Waals surface area contributed by atoms with Crippen LogP contribution in [0.25, 0.3) is 0 Å². The predicted molar refractivity (Wildman–Crippen MR) is 111 cm³/mol. The van der Waals surface area contributed by atoms with Crippen molar-refractivity contribution in [2.24, 2.45) is 0 Å². The summed E-state index contributed by atoms with van der Waals surface area (Å²) in [5.74, 6) is 0. The zero-order chi connectivity index (χ0) is 18.4. The molecule has 0 bridgehead atoms. The Kier molecular flexibility index (Phi) is 5.26. The topological polar surface area (TPSA) is 3.24 Å². The number of nitrogens with zero attached hydrogens (tertiary/aromatic N) is 1. The molecule has 2 atom stereocenters. The van der Waals surface area contributed by atoms with Crippen molar-refractivity contribution >= 4 is 13.9 Å². The van der Waals surface area contributed by atoms with Gasteiger partial charge < -0.3 is 4.90 Å². The molecule has 0 fully saturated rings. The van der Waals surface area contributed by atoms with Gasteiger partial charge in [0.05, 0.1) is 6.92 Å². The van der Waals surface area contributed by atoms with Crippen molar-refractivity contribution in [1.29, 1.82) is 0 Å². The van der Waals surface area contributed by atoms with Gasteiger partial charge in [-0.3, -0.25) is 0 Å². The van der Waals surface area contributed by atoms with Gasteiger partial charge in [-0.05, 0) is 107 Å². The normalized spacial score (nSPS) is 21.9. The number of hydrogen-bond donors (Lipinski definition) is 0. The Hall–Kier alpha value is -1.20. The van der Waals surface area contributed by atoms with Crippen molar-refractivity contribution in [1.82, 2.24) is 4.90 Å². The second-order valence-corrected chi connectivity index (χ2v) is 8.77. The summed E-state index contributed by atoms with van der Waals surface area (Å²) in [6.07, 6.45) is 3.39. The Labute approximate surface area is 151 Å². The van der Waals surface area contributed by atoms with Crippen molar-refractivity contribution in [3.05, 3.63) is 57.4 Å². The SMILES string of the molecule is [CH2+]C1(C)C=C(C)C(CC)=C(Pc2c(C)c(C)c(C)c(C)c2C)N1C. The molecule has 1 aliphatic rings. The van der Waals surface area contributed by atoms with E-state index in [0.717, 1.165) is 6.42 Å². The van der Waals surface area contributed by atoms with Crippen LogP contribution in [0.5, 0.6) is 0 Å². The Morgan fingerprint density at radius 2 is 1.42 bits per heavy atom. The highest BCUT2D eigenvalue weighted by Crippen LogP contribution is 2.43. The fraction of sp³-hybridized carbons (Fsp3) is 0.500. The lowest BCUT2D eigenvalue weighted by atomic mass is 9.91. The maximum absolute atomic E-state index is 4.44. The molecule has 1 heterocycles. The highest BCUT2D eigenvalue weighted by molar-refractivity contribution is 7.52. The van der Waals surface area contributed by atoms with Crippen molar-refractivity contribution in [3.63, 3.8) is 0 Å². The third-order valence-corrected chi connectivity index (χ3v) is 7.86. The summed E-state index contributed by atoms with van der Waals surface area (Å²) >= 11 is 0. The second-order valence-electron chi connectivity index (χ2n) is 7.55. The predicted octanol–water partition coefficient (Wildman–Crippen LogP) is 5.64. The van der Waals surface area contributed by atoms with E-state index in [1.807, 2.05) is 0 Å². The minimum absolute atomic E-state index is 0.165. The summed E-state index contributed by atoms with van der Waals surface area (Å²) in [5.41, 5.74) is 11.4. The van der Waals surface area contributed by atoms with Crippen LogP contribution in [0.3, 0.4) is 0 Å². The molecule has 0 N–H and O–H groups in total. The minimum Gasteiger partial charge on any atom is -0.328 e. The van der Waals surface area contributed by atoms with Gasteiger partial charge in [0.15, 0.2) is 5.54 Å². The Morgan fingerprint density at radius 3 is 1.88 bits per heavy atom. The van der Waals surface area contributed by atoms with Gasteiger partial charge >= 0.3 is 0 Å². The van der Waals surface area contributed by atoms with Crippen LogP contribution in [-0.2, 0) is 0 Å². The highest BCUT2D eigenvalue weighted by atomic mass is 31.1. The molecular formula is C22H33NP+. The molecule has 0 saturated carbocycles. The lowest BCUT2D eigenvalue weighted by Crippen LogP contribution is -2.41. The van der Waals surface area contributed by atoms with E-state index >= 15 is 0 Å². The van der Waals surface area contributed by atoms with Gasteiger partial charge in [-0.1, -0.05) is 6.92 Å². The van der Waals surface area contributed by atoms with Crippen LogP contribution in [0.4, 0.5) is 0 Å². The molecule has 2 heteroatoms. The summed E-state index contributed by atoms with van der Waals surface area (Å²) in [5, 5.41) is 1.52. The van der Waals surface area contributed by atoms with Gasteiger partial charge in [-0.15, -0.1) is 0 Å². The molecule has 0 spiro atoms. The van der Waals surface area contributed by atoms with E-state index in [0.29, 0.717) is 8.58 Å². The van der Waals surface area contributed by atoms with Crippen LogP contribution in [0.15, 0.2) is 22.7 Å². The minimum atomic E-state index is -0.165. The number of hydrogen-bond acceptors (Lipinski definition) is 1. The van der Waals surface area contributed by atoms with Crippen LogP contribution >= 0.6 is 8.58 Å². The van der Waals surface area contributed by atoms with Crippen LogP contribution < -0.4 is 5.30 Å². The first-order valence-electron chi connectivity index (χ1n) is 8.89. The summed E-state index contributed by atoms with van der Waals surface area (Å²) in [7, 11) is 2.89. The number of benzene rings is 1. The van der Waals surface area contributed by atoms with Crippen LogP contribution in [0.2, 0.25) is 0 Å². The summed E-state index contributed by atoms with van der Waals surface area (Å²) < 4.78 is 0. The van der Waals surface area contributed by atoms with E-state index < -0.39 is 0 Å². The fourth-order valence-electron chi connectivity index (χ4n) is 3.71.